The zero-order valence-electron chi connectivity index (χ0n) is 36.9. The number of carbonyl (C=O) groups excluding carboxylic acids is 4. The van der Waals surface area contributed by atoms with Gasteiger partial charge in [0.05, 0.1) is 14.2 Å². The minimum atomic E-state index is -0.269. The molecule has 0 fully saturated rings. The molecule has 0 aliphatic carbocycles. The molecule has 63 heavy (non-hydrogen) atoms. The summed E-state index contributed by atoms with van der Waals surface area (Å²) >= 11 is 4.97. The number of nitrogens with two attached hydrogens (primary N) is 1. The van der Waals surface area contributed by atoms with Crippen molar-refractivity contribution in [2.45, 2.75) is 66.2 Å². The van der Waals surface area contributed by atoms with E-state index in [1.54, 1.807) is 50.3 Å². The van der Waals surface area contributed by atoms with Gasteiger partial charge in [0.15, 0.2) is 11.3 Å². The first kappa shape index (κ1) is 49.3. The minimum absolute atomic E-state index is 0.00456. The monoisotopic (exact) mass is 882 g/mol. The molecule has 0 aliphatic heterocycles. The molecule has 0 saturated heterocycles. The number of nitrogens with zero attached hydrogens (tertiary/aromatic N) is 6. The van der Waals surface area contributed by atoms with Crippen LogP contribution in [0.25, 0.3) is 22.1 Å². The van der Waals surface area contributed by atoms with Crippen molar-refractivity contribution in [2.24, 2.45) is 17.6 Å². The number of anilines is 2. The number of hydrogen-bond donors (Lipinski definition) is 4. The molecule has 4 aromatic heterocycles. The first-order valence-electron chi connectivity index (χ1n) is 21.0. The average molecular weight is 883 g/mol. The second-order valence-corrected chi connectivity index (χ2v) is 15.4. The Hall–Kier alpha value is -6.39. The summed E-state index contributed by atoms with van der Waals surface area (Å²) in [6.45, 7) is 9.35. The Labute approximate surface area is 373 Å². The highest BCUT2D eigenvalue weighted by Crippen LogP contribution is 2.25. The number of aromatic nitrogens is 6. The van der Waals surface area contributed by atoms with Crippen molar-refractivity contribution >= 4 is 68.0 Å². The zero-order chi connectivity index (χ0) is 45.7. The summed E-state index contributed by atoms with van der Waals surface area (Å²) in [4.78, 5) is 59.7. The topological polar surface area (TPSA) is 214 Å². The van der Waals surface area contributed by atoms with Crippen LogP contribution >= 0.6 is 11.6 Å². The Morgan fingerprint density at radius 1 is 0.698 bits per heavy atom. The smallest absolute Gasteiger partial charge is 0.227 e. The fourth-order valence-corrected chi connectivity index (χ4v) is 6.17. The highest BCUT2D eigenvalue weighted by molar-refractivity contribution is 6.63. The Kier molecular flexibility index (Phi) is 20.0. The van der Waals surface area contributed by atoms with Crippen LogP contribution in [0.4, 0.5) is 11.4 Å². The number of carbonyl (C=O) groups is 4. The molecular formula is C46H59ClN10O6. The molecule has 336 valence electrons. The molecule has 17 heteroatoms. The van der Waals surface area contributed by atoms with Gasteiger partial charge in [-0.05, 0) is 92.4 Å². The van der Waals surface area contributed by atoms with E-state index < -0.39 is 0 Å². The molecule has 0 radical (unpaired) electrons. The summed E-state index contributed by atoms with van der Waals surface area (Å²) < 4.78 is 10.6. The third kappa shape index (κ3) is 15.2. The largest absolute Gasteiger partial charge is 0.497 e. The third-order valence-electron chi connectivity index (χ3n) is 9.75. The van der Waals surface area contributed by atoms with E-state index in [2.05, 4.69) is 35.7 Å². The third-order valence-corrected chi connectivity index (χ3v) is 10.2. The molecule has 5 N–H and O–H groups in total. The van der Waals surface area contributed by atoms with E-state index in [0.717, 1.165) is 45.7 Å². The summed E-state index contributed by atoms with van der Waals surface area (Å²) in [5.74, 6) is 1.38. The molecule has 0 atom stereocenters. The fraction of sp³-hybridized carbons (Fsp3) is 0.391. The highest BCUT2D eigenvalue weighted by atomic mass is 35.5. The number of H-pyrrole nitrogens is 2. The number of rotatable bonds is 19. The number of pyridine rings is 2. The summed E-state index contributed by atoms with van der Waals surface area (Å²) in [6.07, 6.45) is 6.58. The maximum absolute atomic E-state index is 13.2. The van der Waals surface area contributed by atoms with Gasteiger partial charge in [0.25, 0.3) is 0 Å². The summed E-state index contributed by atoms with van der Waals surface area (Å²) in [7, 11) is 3.21. The lowest BCUT2D eigenvalue weighted by molar-refractivity contribution is -0.124. The number of fused-ring (bicyclic) bond motifs is 2. The van der Waals surface area contributed by atoms with Gasteiger partial charge < -0.3 is 30.3 Å². The molecule has 0 saturated carbocycles. The Morgan fingerprint density at radius 2 is 1.16 bits per heavy atom. The SMILES string of the molecule is CC(C)C(=O)Cl.COc1cccc(N(CCCN)C(=O)CCc2[nH]nc3ncccc23)c1.COc1cccc(N(CCCNC(=O)C(C)C)C(=O)CCc2[nH]nc3ncccc23)c1. The molecule has 4 heterocycles. The van der Waals surface area contributed by atoms with Crippen molar-refractivity contribution in [3.8, 4) is 11.5 Å². The molecule has 6 rings (SSSR count). The lowest BCUT2D eigenvalue weighted by Gasteiger charge is -2.23. The van der Waals surface area contributed by atoms with Crippen LogP contribution < -0.4 is 30.3 Å². The van der Waals surface area contributed by atoms with E-state index in [-0.39, 0.29) is 34.8 Å². The number of halogens is 1. The van der Waals surface area contributed by atoms with Crippen molar-refractivity contribution in [2.75, 3.05) is 50.2 Å². The van der Waals surface area contributed by atoms with Gasteiger partial charge in [0.2, 0.25) is 23.0 Å². The number of aromatic amines is 2. The highest BCUT2D eigenvalue weighted by Gasteiger charge is 2.19. The minimum Gasteiger partial charge on any atom is -0.497 e. The average Bonchev–Trinajstić information content (AvgIpc) is 3.92. The predicted molar refractivity (Wildman–Crippen MR) is 247 cm³/mol. The van der Waals surface area contributed by atoms with Crippen LogP contribution in [-0.2, 0) is 32.0 Å². The molecule has 0 unspecified atom stereocenters. The van der Waals surface area contributed by atoms with Crippen molar-refractivity contribution < 1.29 is 28.7 Å². The van der Waals surface area contributed by atoms with Crippen LogP contribution in [0.3, 0.4) is 0 Å². The first-order chi connectivity index (χ1) is 30.4. The van der Waals surface area contributed by atoms with Gasteiger partial charge in [-0.25, -0.2) is 9.97 Å². The Morgan fingerprint density at radius 3 is 1.57 bits per heavy atom. The van der Waals surface area contributed by atoms with E-state index in [0.29, 0.717) is 75.3 Å². The first-order valence-corrected chi connectivity index (χ1v) is 21.4. The lowest BCUT2D eigenvalue weighted by Crippen LogP contribution is -2.35. The van der Waals surface area contributed by atoms with Crippen molar-refractivity contribution in [1.29, 1.82) is 0 Å². The van der Waals surface area contributed by atoms with Crippen molar-refractivity contribution in [3.05, 3.63) is 96.6 Å². The van der Waals surface area contributed by atoms with Crippen molar-refractivity contribution in [1.82, 2.24) is 35.7 Å². The molecule has 16 nitrogen and oxygen atoms in total. The van der Waals surface area contributed by atoms with Crippen LogP contribution in [-0.4, -0.2) is 93.7 Å². The van der Waals surface area contributed by atoms with Gasteiger partial charge in [-0.3, -0.25) is 29.4 Å². The quantitative estimate of drug-likeness (QED) is 0.0491. The standard InChI is InChI=1S/C23H29N5O3.C19H23N5O2.C4H7ClO/c1-16(2)23(30)25-13-6-14-28(17-7-4-8-18(15-17)31-3)21(29)11-10-20-19-9-5-12-24-22(19)27-26-20;1-26-15-6-2-5-14(13-15)24(12-4-10-20)18(25)9-8-17-16-7-3-11-21-19(16)23-22-17;1-3(2)4(5)6/h4-5,7-9,12,15-16H,6,10-11,13-14H2,1-3H3,(H,25,30)(H,24,26,27);2-3,5-7,11,13H,4,8-10,12,20H2,1H3,(H,21,22,23);3H,1-2H3. The number of hydrogen-bond acceptors (Lipinski definition) is 11. The molecule has 0 bridgehead atoms. The Bertz CT molecular complexity index is 2380. The second-order valence-electron chi connectivity index (χ2n) is 15.0. The van der Waals surface area contributed by atoms with Crippen LogP contribution in [0.15, 0.2) is 85.2 Å². The van der Waals surface area contributed by atoms with E-state index >= 15 is 0 Å². The Balaban J connectivity index is 0.000000248. The van der Waals surface area contributed by atoms with Crippen LogP contribution in [0, 0.1) is 11.8 Å². The summed E-state index contributed by atoms with van der Waals surface area (Å²) in [5, 5.41) is 18.9. The fourth-order valence-electron chi connectivity index (χ4n) is 6.17. The second kappa shape index (κ2) is 25.5. The van der Waals surface area contributed by atoms with E-state index in [1.165, 1.54) is 0 Å². The summed E-state index contributed by atoms with van der Waals surface area (Å²) in [6, 6.07) is 22.6. The predicted octanol–water partition coefficient (Wildman–Crippen LogP) is 6.78. The number of nitrogens with one attached hydrogen (secondary N) is 3. The van der Waals surface area contributed by atoms with Gasteiger partial charge in [0.1, 0.15) is 11.5 Å². The van der Waals surface area contributed by atoms with E-state index in [1.807, 2.05) is 86.6 Å². The van der Waals surface area contributed by atoms with Gasteiger partial charge in [-0.1, -0.05) is 39.8 Å². The maximum atomic E-state index is 13.2. The number of methoxy groups -OCH3 is 2. The maximum Gasteiger partial charge on any atom is 0.227 e. The summed E-state index contributed by atoms with van der Waals surface area (Å²) in [5.41, 5.74) is 10.4. The number of benzene rings is 2. The van der Waals surface area contributed by atoms with Crippen molar-refractivity contribution in [3.63, 3.8) is 0 Å². The van der Waals surface area contributed by atoms with Crippen LogP contribution in [0.2, 0.25) is 0 Å². The molecular weight excluding hydrogens is 824 g/mol. The van der Waals surface area contributed by atoms with Crippen LogP contribution in [0.1, 0.15) is 64.8 Å². The van der Waals surface area contributed by atoms with Gasteiger partial charge in [0, 0.05) is 102 Å². The lowest BCUT2D eigenvalue weighted by atomic mass is 10.1. The molecule has 0 aliphatic rings. The normalized spacial score (nSPS) is 10.8. The number of amides is 3. The molecule has 3 amide bonds. The van der Waals surface area contributed by atoms with Crippen LogP contribution in [0.5, 0.6) is 11.5 Å². The van der Waals surface area contributed by atoms with Gasteiger partial charge in [-0.15, -0.1) is 0 Å². The molecule has 0 spiro atoms. The van der Waals surface area contributed by atoms with E-state index in [9.17, 15) is 19.2 Å². The molecule has 6 aromatic rings. The molecule has 2 aromatic carbocycles. The van der Waals surface area contributed by atoms with E-state index in [4.69, 9.17) is 26.8 Å². The number of ether oxygens (including phenoxy) is 2. The van der Waals surface area contributed by atoms with Gasteiger partial charge >= 0.3 is 0 Å². The zero-order valence-corrected chi connectivity index (χ0v) is 37.7. The number of aryl methyl sites for hydroxylation is 2. The van der Waals surface area contributed by atoms with Gasteiger partial charge in [-0.2, -0.15) is 10.2 Å².